The van der Waals surface area contributed by atoms with Crippen molar-refractivity contribution in [1.82, 2.24) is 0 Å². The van der Waals surface area contributed by atoms with E-state index in [1.54, 1.807) is 0 Å². The molecule has 0 saturated carbocycles. The number of halogens is 1. The van der Waals surface area contributed by atoms with Crippen LogP contribution >= 0.6 is 0 Å². The van der Waals surface area contributed by atoms with Crippen molar-refractivity contribution in [2.45, 2.75) is 77.7 Å². The Balaban J connectivity index is 0. The summed E-state index contributed by atoms with van der Waals surface area (Å²) in [5, 5.41) is 0. The van der Waals surface area contributed by atoms with Crippen LogP contribution in [0, 0.1) is 0 Å². The molecule has 0 aliphatic carbocycles. The lowest BCUT2D eigenvalue weighted by atomic mass is 10.0. The molecule has 0 aromatic heterocycles. The second-order valence-corrected chi connectivity index (χ2v) is 6.23. The number of rotatable bonds is 10. The van der Waals surface area contributed by atoms with Gasteiger partial charge in [-0.3, -0.25) is 0 Å². The summed E-state index contributed by atoms with van der Waals surface area (Å²) < 4.78 is 1.11. The Morgan fingerprint density at radius 2 is 1.18 bits per heavy atom. The van der Waals surface area contributed by atoms with Crippen molar-refractivity contribution in [1.29, 1.82) is 0 Å². The van der Waals surface area contributed by atoms with Gasteiger partial charge in [0.05, 0.1) is 27.2 Å². The average Bonchev–Trinajstić information content (AvgIpc) is 2.20. The van der Waals surface area contributed by atoms with Crippen LogP contribution in [0.25, 0.3) is 0 Å². The van der Waals surface area contributed by atoms with Crippen LogP contribution in [0.15, 0.2) is 0 Å². The summed E-state index contributed by atoms with van der Waals surface area (Å²) in [4.78, 5) is 0. The summed E-state index contributed by atoms with van der Waals surface area (Å²) in [6.45, 7) is 4.66. The van der Waals surface area contributed by atoms with Gasteiger partial charge in [-0.25, -0.2) is 0 Å². The van der Waals surface area contributed by atoms with Crippen molar-refractivity contribution in [2.75, 3.05) is 21.1 Å². The second-order valence-electron chi connectivity index (χ2n) is 6.23. The van der Waals surface area contributed by atoms with Crippen LogP contribution in [0.4, 0.5) is 0 Å². The molecule has 0 fully saturated rings. The van der Waals surface area contributed by atoms with Crippen LogP contribution in [-0.2, 0) is 0 Å². The molecular weight excluding hydrogens is 274 g/mol. The molecule has 1 atom stereocenters. The second kappa shape index (κ2) is 11.5. The van der Waals surface area contributed by atoms with Gasteiger partial charge in [0, 0.05) is 0 Å². The molecule has 0 saturated heterocycles. The molecule has 0 aliphatic rings. The summed E-state index contributed by atoms with van der Waals surface area (Å²) >= 11 is 0. The summed E-state index contributed by atoms with van der Waals surface area (Å²) in [6.07, 6.45) is 12.9. The highest BCUT2D eigenvalue weighted by molar-refractivity contribution is 4.52. The normalized spacial score (nSPS) is 13.2. The van der Waals surface area contributed by atoms with E-state index >= 15 is 0 Å². The van der Waals surface area contributed by atoms with Crippen LogP contribution in [0.3, 0.4) is 0 Å². The SMILES string of the molecule is CCCCCCCCCCC(C)[N+](C)(C)C.[Br-]. The Hall–Kier alpha value is 0.440. The monoisotopic (exact) mass is 307 g/mol. The molecule has 0 spiro atoms. The smallest absolute Gasteiger partial charge is 0.0855 e. The molecular formula is C15H34BrN. The van der Waals surface area contributed by atoms with Crippen molar-refractivity contribution in [3.63, 3.8) is 0 Å². The summed E-state index contributed by atoms with van der Waals surface area (Å²) in [7, 11) is 6.90. The van der Waals surface area contributed by atoms with Crippen LogP contribution in [-0.4, -0.2) is 31.7 Å². The predicted octanol–water partition coefficient (Wildman–Crippen LogP) is 1.62. The lowest BCUT2D eigenvalue weighted by Gasteiger charge is -2.31. The van der Waals surface area contributed by atoms with Gasteiger partial charge in [0.25, 0.3) is 0 Å². The first kappa shape index (κ1) is 19.8. The maximum atomic E-state index is 2.38. The minimum Gasteiger partial charge on any atom is -1.00 e. The van der Waals surface area contributed by atoms with E-state index < -0.39 is 0 Å². The number of nitrogens with zero attached hydrogens (tertiary/aromatic N) is 1. The number of quaternary nitrogens is 1. The Labute approximate surface area is 120 Å². The Bertz CT molecular complexity index is 151. The predicted molar refractivity (Wildman–Crippen MR) is 74.7 cm³/mol. The quantitative estimate of drug-likeness (QED) is 0.425. The molecule has 17 heavy (non-hydrogen) atoms. The van der Waals surface area contributed by atoms with Crippen LogP contribution < -0.4 is 17.0 Å². The summed E-state index contributed by atoms with van der Waals surface area (Å²) in [6, 6.07) is 0.806. The molecule has 0 radical (unpaired) electrons. The highest BCUT2D eigenvalue weighted by atomic mass is 79.9. The molecule has 1 unspecified atom stereocenters. The third-order valence-corrected chi connectivity index (χ3v) is 3.80. The number of hydrogen-bond acceptors (Lipinski definition) is 0. The summed E-state index contributed by atoms with van der Waals surface area (Å²) in [5.41, 5.74) is 0. The first-order valence-electron chi connectivity index (χ1n) is 7.29. The van der Waals surface area contributed by atoms with E-state index in [4.69, 9.17) is 0 Å². The van der Waals surface area contributed by atoms with Gasteiger partial charge in [-0.1, -0.05) is 51.9 Å². The number of unbranched alkanes of at least 4 members (excludes halogenated alkanes) is 7. The molecule has 0 aromatic carbocycles. The Kier molecular flexibility index (Phi) is 13.4. The van der Waals surface area contributed by atoms with E-state index in [2.05, 4.69) is 35.0 Å². The number of hydrogen-bond donors (Lipinski definition) is 0. The van der Waals surface area contributed by atoms with Gasteiger partial charge in [-0.2, -0.15) is 0 Å². The Morgan fingerprint density at radius 3 is 1.59 bits per heavy atom. The molecule has 0 bridgehead atoms. The van der Waals surface area contributed by atoms with Crippen molar-refractivity contribution in [3.05, 3.63) is 0 Å². The molecule has 0 heterocycles. The first-order chi connectivity index (χ1) is 7.48. The fourth-order valence-electron chi connectivity index (χ4n) is 1.96. The van der Waals surface area contributed by atoms with Crippen molar-refractivity contribution < 1.29 is 21.5 Å². The van der Waals surface area contributed by atoms with E-state index in [0.29, 0.717) is 0 Å². The van der Waals surface area contributed by atoms with Crippen LogP contribution in [0.2, 0.25) is 0 Å². The zero-order chi connectivity index (χ0) is 12.4. The molecule has 0 aromatic rings. The van der Waals surface area contributed by atoms with E-state index in [1.165, 1.54) is 57.8 Å². The minimum atomic E-state index is 0. The molecule has 106 valence electrons. The molecule has 2 heteroatoms. The zero-order valence-electron chi connectivity index (χ0n) is 12.8. The Morgan fingerprint density at radius 1 is 0.765 bits per heavy atom. The van der Waals surface area contributed by atoms with Gasteiger partial charge >= 0.3 is 0 Å². The van der Waals surface area contributed by atoms with E-state index in [-0.39, 0.29) is 17.0 Å². The van der Waals surface area contributed by atoms with Crippen LogP contribution in [0.5, 0.6) is 0 Å². The van der Waals surface area contributed by atoms with Gasteiger partial charge in [-0.05, 0) is 19.8 Å². The largest absolute Gasteiger partial charge is 1.00 e. The fraction of sp³-hybridized carbons (Fsp3) is 1.00. The lowest BCUT2D eigenvalue weighted by molar-refractivity contribution is -0.894. The third kappa shape index (κ3) is 12.7. The molecule has 0 rings (SSSR count). The maximum Gasteiger partial charge on any atom is 0.0855 e. The summed E-state index contributed by atoms with van der Waals surface area (Å²) in [5.74, 6) is 0. The van der Waals surface area contributed by atoms with Crippen molar-refractivity contribution >= 4 is 0 Å². The zero-order valence-corrected chi connectivity index (χ0v) is 14.4. The standard InChI is InChI=1S/C15H34N.BrH/c1-6-7-8-9-10-11-12-13-14-15(2)16(3,4)5;/h15H,6-14H2,1-5H3;1H/q+1;/p-1. The maximum absolute atomic E-state index is 2.38. The highest BCUT2D eigenvalue weighted by Gasteiger charge is 2.16. The van der Waals surface area contributed by atoms with Crippen LogP contribution in [0.1, 0.15) is 71.6 Å². The molecule has 0 amide bonds. The van der Waals surface area contributed by atoms with Crippen molar-refractivity contribution in [2.24, 2.45) is 0 Å². The van der Waals surface area contributed by atoms with Gasteiger partial charge < -0.3 is 21.5 Å². The van der Waals surface area contributed by atoms with Crippen molar-refractivity contribution in [3.8, 4) is 0 Å². The van der Waals surface area contributed by atoms with E-state index in [0.717, 1.165) is 10.5 Å². The van der Waals surface area contributed by atoms with Gasteiger partial charge in [0.2, 0.25) is 0 Å². The van der Waals surface area contributed by atoms with E-state index in [9.17, 15) is 0 Å². The third-order valence-electron chi connectivity index (χ3n) is 3.80. The van der Waals surface area contributed by atoms with Gasteiger partial charge in [0.1, 0.15) is 0 Å². The molecule has 0 N–H and O–H groups in total. The molecule has 1 nitrogen and oxygen atoms in total. The van der Waals surface area contributed by atoms with E-state index in [1.807, 2.05) is 0 Å². The molecule has 0 aliphatic heterocycles. The fourth-order valence-corrected chi connectivity index (χ4v) is 1.96. The lowest BCUT2D eigenvalue weighted by Crippen LogP contribution is -3.00. The first-order valence-corrected chi connectivity index (χ1v) is 7.29. The highest BCUT2D eigenvalue weighted by Crippen LogP contribution is 2.14. The minimum absolute atomic E-state index is 0. The van der Waals surface area contributed by atoms with Gasteiger partial charge in [-0.15, -0.1) is 0 Å². The average molecular weight is 308 g/mol. The topological polar surface area (TPSA) is 0 Å². The van der Waals surface area contributed by atoms with Gasteiger partial charge in [0.15, 0.2) is 0 Å².